The lowest BCUT2D eigenvalue weighted by atomic mass is 10.3. The van der Waals surface area contributed by atoms with Gasteiger partial charge in [0.25, 0.3) is 15.7 Å². The lowest BCUT2D eigenvalue weighted by Crippen LogP contribution is -2.15. The van der Waals surface area contributed by atoms with Crippen molar-refractivity contribution >= 4 is 21.5 Å². The molecule has 0 spiro atoms. The molecule has 2 aromatic rings. The lowest BCUT2D eigenvalue weighted by molar-refractivity contribution is -0.387. The molecule has 0 atom stereocenters. The molecule has 19 heavy (non-hydrogen) atoms. The first-order valence-electron chi connectivity index (χ1n) is 5.03. The number of hydrogen-bond donors (Lipinski definition) is 1. The maximum absolute atomic E-state index is 12.0. The minimum Gasteiger partial charge on any atom is -0.262 e. The average Bonchev–Trinajstić information content (AvgIpc) is 2.39. The van der Waals surface area contributed by atoms with Crippen LogP contribution in [0.3, 0.4) is 0 Å². The molecular formula is C10H8N4O4S. The van der Waals surface area contributed by atoms with Crippen LogP contribution in [0.15, 0.2) is 47.8 Å². The molecule has 2 rings (SSSR count). The minimum absolute atomic E-state index is 0.0133. The highest BCUT2D eigenvalue weighted by Crippen LogP contribution is 2.24. The van der Waals surface area contributed by atoms with Crippen molar-refractivity contribution < 1.29 is 13.3 Å². The van der Waals surface area contributed by atoms with E-state index in [2.05, 4.69) is 14.7 Å². The molecule has 0 unspecified atom stereocenters. The summed E-state index contributed by atoms with van der Waals surface area (Å²) in [6.45, 7) is 0. The molecule has 0 radical (unpaired) electrons. The van der Waals surface area contributed by atoms with Crippen molar-refractivity contribution in [3.63, 3.8) is 0 Å². The van der Waals surface area contributed by atoms with Crippen molar-refractivity contribution in [2.45, 2.75) is 4.90 Å². The van der Waals surface area contributed by atoms with E-state index >= 15 is 0 Å². The zero-order valence-corrected chi connectivity index (χ0v) is 10.2. The van der Waals surface area contributed by atoms with Gasteiger partial charge in [-0.15, -0.1) is 0 Å². The van der Waals surface area contributed by atoms with E-state index in [0.717, 1.165) is 12.1 Å². The maximum Gasteiger partial charge on any atom is 0.289 e. The predicted octanol–water partition coefficient (Wildman–Crippen LogP) is 1.19. The molecule has 0 saturated heterocycles. The topological polar surface area (TPSA) is 115 Å². The normalized spacial score (nSPS) is 10.9. The number of nitro groups is 1. The lowest BCUT2D eigenvalue weighted by Gasteiger charge is -2.06. The summed E-state index contributed by atoms with van der Waals surface area (Å²) >= 11 is 0. The van der Waals surface area contributed by atoms with Crippen LogP contribution in [-0.2, 0) is 10.0 Å². The summed E-state index contributed by atoms with van der Waals surface area (Å²) in [5, 5.41) is 10.8. The molecule has 0 amide bonds. The summed E-state index contributed by atoms with van der Waals surface area (Å²) < 4.78 is 26.2. The number of para-hydroxylation sites is 1. The Kier molecular flexibility index (Phi) is 3.38. The van der Waals surface area contributed by atoms with E-state index in [1.165, 1.54) is 30.7 Å². The predicted molar refractivity (Wildman–Crippen MR) is 65.9 cm³/mol. The monoisotopic (exact) mass is 280 g/mol. The Morgan fingerprint density at radius 2 is 1.95 bits per heavy atom. The van der Waals surface area contributed by atoms with E-state index in [1.807, 2.05) is 0 Å². The highest BCUT2D eigenvalue weighted by Gasteiger charge is 2.25. The largest absolute Gasteiger partial charge is 0.289 e. The fourth-order valence-corrected chi connectivity index (χ4v) is 2.55. The molecule has 9 heteroatoms. The van der Waals surface area contributed by atoms with Gasteiger partial charge in [-0.05, 0) is 6.07 Å². The molecule has 0 aliphatic heterocycles. The zero-order chi connectivity index (χ0) is 13.9. The van der Waals surface area contributed by atoms with Gasteiger partial charge in [0.2, 0.25) is 0 Å². The molecule has 0 aliphatic carbocycles. The van der Waals surface area contributed by atoms with Gasteiger partial charge in [-0.3, -0.25) is 19.8 Å². The number of rotatable bonds is 4. The molecule has 0 saturated carbocycles. The van der Waals surface area contributed by atoms with E-state index in [9.17, 15) is 18.5 Å². The van der Waals surface area contributed by atoms with Crippen LogP contribution in [0.4, 0.5) is 11.5 Å². The fourth-order valence-electron chi connectivity index (χ4n) is 1.38. The van der Waals surface area contributed by atoms with Gasteiger partial charge < -0.3 is 0 Å². The maximum atomic E-state index is 12.0. The summed E-state index contributed by atoms with van der Waals surface area (Å²) in [5.74, 6) is -0.0133. The fraction of sp³-hybridized carbons (Fsp3) is 0. The summed E-state index contributed by atoms with van der Waals surface area (Å²) in [5.41, 5.74) is -0.501. The van der Waals surface area contributed by atoms with Crippen molar-refractivity contribution in [3.05, 3.63) is 53.0 Å². The second kappa shape index (κ2) is 4.98. The third-order valence-electron chi connectivity index (χ3n) is 2.15. The van der Waals surface area contributed by atoms with Crippen LogP contribution in [0.1, 0.15) is 0 Å². The number of nitrogens with zero attached hydrogens (tertiary/aromatic N) is 3. The summed E-state index contributed by atoms with van der Waals surface area (Å²) in [4.78, 5) is 17.1. The smallest absolute Gasteiger partial charge is 0.262 e. The van der Waals surface area contributed by atoms with Crippen LogP contribution in [0.5, 0.6) is 0 Å². The van der Waals surface area contributed by atoms with Crippen LogP contribution in [0, 0.1) is 10.1 Å². The Morgan fingerprint density at radius 3 is 2.58 bits per heavy atom. The average molecular weight is 280 g/mol. The number of aromatic nitrogens is 2. The standard InChI is InChI=1S/C10H8N4O4S/c15-14(16)8-3-1-2-4-9(8)19(17,18)13-10-7-11-5-6-12-10/h1-7H,(H,12,13). The second-order valence-corrected chi connectivity index (χ2v) is 5.07. The van der Waals surface area contributed by atoms with Gasteiger partial charge in [0.05, 0.1) is 11.1 Å². The van der Waals surface area contributed by atoms with Gasteiger partial charge in [-0.25, -0.2) is 13.4 Å². The molecule has 1 aromatic heterocycles. The van der Waals surface area contributed by atoms with E-state index in [1.54, 1.807) is 0 Å². The first kappa shape index (κ1) is 12.9. The third kappa shape index (κ3) is 2.83. The van der Waals surface area contributed by atoms with Gasteiger partial charge >= 0.3 is 0 Å². The Morgan fingerprint density at radius 1 is 1.21 bits per heavy atom. The second-order valence-electron chi connectivity index (χ2n) is 3.42. The van der Waals surface area contributed by atoms with Crippen LogP contribution in [0.2, 0.25) is 0 Å². The van der Waals surface area contributed by atoms with Gasteiger partial charge in [0.15, 0.2) is 10.7 Å². The SMILES string of the molecule is O=[N+]([O-])c1ccccc1S(=O)(=O)Nc1cnccn1. The van der Waals surface area contributed by atoms with Crippen molar-refractivity contribution in [1.82, 2.24) is 9.97 Å². The molecule has 1 heterocycles. The molecular weight excluding hydrogens is 272 g/mol. The molecule has 1 N–H and O–H groups in total. The quantitative estimate of drug-likeness (QED) is 0.664. The van der Waals surface area contributed by atoms with Crippen LogP contribution in [0.25, 0.3) is 0 Å². The highest BCUT2D eigenvalue weighted by molar-refractivity contribution is 7.92. The molecule has 0 fully saturated rings. The number of benzene rings is 1. The highest BCUT2D eigenvalue weighted by atomic mass is 32.2. The first-order chi connectivity index (χ1) is 9.00. The van der Waals surface area contributed by atoms with Crippen LogP contribution < -0.4 is 4.72 Å². The van der Waals surface area contributed by atoms with Crippen LogP contribution >= 0.6 is 0 Å². The van der Waals surface area contributed by atoms with Gasteiger partial charge in [0.1, 0.15) is 0 Å². The summed E-state index contributed by atoms with van der Waals surface area (Å²) in [6.07, 6.45) is 3.88. The van der Waals surface area contributed by atoms with Gasteiger partial charge in [-0.2, -0.15) is 0 Å². The Hall–Kier alpha value is -2.55. The van der Waals surface area contributed by atoms with E-state index < -0.39 is 25.5 Å². The van der Waals surface area contributed by atoms with Crippen molar-refractivity contribution in [2.24, 2.45) is 0 Å². The van der Waals surface area contributed by atoms with Gasteiger partial charge in [-0.1, -0.05) is 12.1 Å². The van der Waals surface area contributed by atoms with Crippen molar-refractivity contribution in [2.75, 3.05) is 4.72 Å². The molecule has 0 aliphatic rings. The number of hydrogen-bond acceptors (Lipinski definition) is 6. The van der Waals surface area contributed by atoms with E-state index in [-0.39, 0.29) is 5.82 Å². The Labute approximate surface area is 108 Å². The summed E-state index contributed by atoms with van der Waals surface area (Å²) in [7, 11) is -4.08. The van der Waals surface area contributed by atoms with Crippen LogP contribution in [-0.4, -0.2) is 23.3 Å². The minimum atomic E-state index is -4.08. The zero-order valence-electron chi connectivity index (χ0n) is 9.42. The Bertz CT molecular complexity index is 702. The number of anilines is 1. The number of sulfonamides is 1. The van der Waals surface area contributed by atoms with Crippen molar-refractivity contribution in [3.8, 4) is 0 Å². The number of nitrogens with one attached hydrogen (secondary N) is 1. The molecule has 8 nitrogen and oxygen atoms in total. The Balaban J connectivity index is 2.43. The van der Waals surface area contributed by atoms with Gasteiger partial charge in [0, 0.05) is 18.5 Å². The van der Waals surface area contributed by atoms with E-state index in [0.29, 0.717) is 0 Å². The first-order valence-corrected chi connectivity index (χ1v) is 6.51. The number of nitro benzene ring substituents is 1. The molecule has 98 valence electrons. The van der Waals surface area contributed by atoms with Crippen molar-refractivity contribution in [1.29, 1.82) is 0 Å². The van der Waals surface area contributed by atoms with E-state index in [4.69, 9.17) is 0 Å². The third-order valence-corrected chi connectivity index (χ3v) is 3.56. The molecule has 1 aromatic carbocycles. The molecule has 0 bridgehead atoms. The summed E-state index contributed by atoms with van der Waals surface area (Å²) in [6, 6.07) is 5.06.